The first kappa shape index (κ1) is 39.8. The summed E-state index contributed by atoms with van der Waals surface area (Å²) < 4.78 is 11.9. The van der Waals surface area contributed by atoms with Gasteiger partial charge < -0.3 is 29.7 Å². The number of ether oxygens (including phenoxy) is 2. The summed E-state index contributed by atoms with van der Waals surface area (Å²) in [5.74, 6) is 2.15. The Balaban J connectivity index is 0.000000158. The summed E-state index contributed by atoms with van der Waals surface area (Å²) in [5, 5.41) is 19.5. The van der Waals surface area contributed by atoms with Crippen molar-refractivity contribution in [3.63, 3.8) is 0 Å². The van der Waals surface area contributed by atoms with Crippen LogP contribution in [0.3, 0.4) is 0 Å². The molecule has 4 N–H and O–H groups in total. The van der Waals surface area contributed by atoms with Gasteiger partial charge in [-0.2, -0.15) is 0 Å². The highest BCUT2D eigenvalue weighted by Gasteiger charge is 2.21. The molecule has 4 heterocycles. The maximum atomic E-state index is 12.8. The molecular formula is C48H40N8O6. The molecule has 0 fully saturated rings. The van der Waals surface area contributed by atoms with E-state index < -0.39 is 0 Å². The predicted octanol–water partition coefficient (Wildman–Crippen LogP) is 8.61. The third kappa shape index (κ3) is 8.92. The number of H-pyrrole nitrogens is 2. The second kappa shape index (κ2) is 17.9. The molecule has 8 aromatic rings. The standard InChI is InChI=1S/2C24H20N4O3/c2*29-17-9-5-15(6-10-17)21-24(26-14-13-25-21)31-18-11-7-16(8-12-18)22(30)23-27-19-3-1-2-4-20(19)28-23/h2*1-5,7-8,11-14,17,29H,6,9-10H2,(H,27,28)/t2*17-/m10/s1. The second-order valence-corrected chi connectivity index (χ2v) is 14.9. The molecule has 0 spiro atoms. The molecular weight excluding hydrogens is 785 g/mol. The molecule has 0 bridgehead atoms. The number of nitrogens with zero attached hydrogens (tertiary/aromatic N) is 6. The molecule has 0 aliphatic heterocycles. The van der Waals surface area contributed by atoms with E-state index in [1.807, 2.05) is 60.7 Å². The first-order valence-electron chi connectivity index (χ1n) is 20.3. The number of fused-ring (bicyclic) bond motifs is 2. The average Bonchev–Trinajstić information content (AvgIpc) is 3.96. The summed E-state index contributed by atoms with van der Waals surface area (Å²) in [7, 11) is 0. The van der Waals surface area contributed by atoms with Crippen LogP contribution in [0.4, 0.5) is 0 Å². The lowest BCUT2D eigenvalue weighted by Gasteiger charge is -2.18. The van der Waals surface area contributed by atoms with Gasteiger partial charge in [0.1, 0.15) is 22.9 Å². The van der Waals surface area contributed by atoms with Gasteiger partial charge in [0.2, 0.25) is 23.3 Å². The summed E-state index contributed by atoms with van der Waals surface area (Å²) in [6, 6.07) is 28.8. The van der Waals surface area contributed by atoms with Crippen molar-refractivity contribution in [3.05, 3.63) is 168 Å². The van der Waals surface area contributed by atoms with Crippen LogP contribution in [0.1, 0.15) is 82.3 Å². The number of rotatable bonds is 10. The van der Waals surface area contributed by atoms with Crippen LogP contribution in [0.15, 0.2) is 134 Å². The van der Waals surface area contributed by atoms with Crippen LogP contribution in [-0.4, -0.2) is 73.9 Å². The van der Waals surface area contributed by atoms with Crippen LogP contribution in [0.2, 0.25) is 0 Å². The van der Waals surface area contributed by atoms with E-state index in [9.17, 15) is 19.8 Å². The van der Waals surface area contributed by atoms with Gasteiger partial charge in [-0.25, -0.2) is 29.9 Å². The van der Waals surface area contributed by atoms with Crippen LogP contribution in [0.5, 0.6) is 23.3 Å². The van der Waals surface area contributed by atoms with Gasteiger partial charge in [0.05, 0.1) is 34.3 Å². The number of allylic oxidation sites excluding steroid dienone is 2. The van der Waals surface area contributed by atoms with Gasteiger partial charge in [-0.1, -0.05) is 36.4 Å². The fourth-order valence-electron chi connectivity index (χ4n) is 7.28. The third-order valence-electron chi connectivity index (χ3n) is 10.6. The number of para-hydroxylation sites is 4. The SMILES string of the molecule is O=C(c1ccc(Oc2nccnc2C2=CC[C@@H](O)CC2)cc1)c1nc2ccccc2[nH]1.O=C(c1ccc(Oc2nccnc2C2=CC[C@H](O)CC2)cc1)c1nc2ccccc2[nH]1. The molecule has 2 aliphatic rings. The molecule has 62 heavy (non-hydrogen) atoms. The summed E-state index contributed by atoms with van der Waals surface area (Å²) >= 11 is 0. The summed E-state index contributed by atoms with van der Waals surface area (Å²) in [4.78, 5) is 57.9. The first-order valence-corrected chi connectivity index (χ1v) is 20.3. The number of imidazole rings is 2. The number of carbonyl (C=O) groups is 2. The molecule has 10 rings (SSSR count). The number of hydrogen-bond donors (Lipinski definition) is 4. The van der Waals surface area contributed by atoms with Crippen molar-refractivity contribution in [2.24, 2.45) is 0 Å². The number of aliphatic hydroxyl groups is 2. The highest BCUT2D eigenvalue weighted by molar-refractivity contribution is 6.08. The first-order chi connectivity index (χ1) is 30.3. The minimum atomic E-state index is -0.304. The van der Waals surface area contributed by atoms with E-state index in [4.69, 9.17) is 9.47 Å². The summed E-state index contributed by atoms with van der Waals surface area (Å²) in [6.07, 6.45) is 13.8. The molecule has 308 valence electrons. The van der Waals surface area contributed by atoms with Crippen molar-refractivity contribution in [2.75, 3.05) is 0 Å². The number of hydrogen-bond acceptors (Lipinski definition) is 12. The Kier molecular flexibility index (Phi) is 11.5. The van der Waals surface area contributed by atoms with Crippen molar-refractivity contribution < 1.29 is 29.3 Å². The number of aromatic nitrogens is 8. The quantitative estimate of drug-likeness (QED) is 0.0958. The van der Waals surface area contributed by atoms with Gasteiger partial charge >= 0.3 is 0 Å². The van der Waals surface area contributed by atoms with E-state index in [0.29, 0.717) is 83.1 Å². The number of benzene rings is 4. The highest BCUT2D eigenvalue weighted by atomic mass is 16.5. The zero-order valence-electron chi connectivity index (χ0n) is 33.3. The van der Waals surface area contributed by atoms with Crippen molar-refractivity contribution in [3.8, 4) is 23.3 Å². The average molecular weight is 825 g/mol. The lowest BCUT2D eigenvalue weighted by Crippen LogP contribution is -2.10. The predicted molar refractivity (Wildman–Crippen MR) is 232 cm³/mol. The number of aromatic amines is 2. The maximum Gasteiger partial charge on any atom is 0.245 e. The fraction of sp³-hybridized carbons (Fsp3) is 0.167. The third-order valence-corrected chi connectivity index (χ3v) is 10.6. The van der Waals surface area contributed by atoms with Gasteiger partial charge in [0, 0.05) is 35.9 Å². The zero-order chi connectivity index (χ0) is 42.4. The van der Waals surface area contributed by atoms with Crippen molar-refractivity contribution in [2.45, 2.75) is 50.7 Å². The second-order valence-electron chi connectivity index (χ2n) is 14.9. The smallest absolute Gasteiger partial charge is 0.245 e. The molecule has 4 aromatic heterocycles. The van der Waals surface area contributed by atoms with E-state index in [2.05, 4.69) is 39.9 Å². The van der Waals surface area contributed by atoms with Gasteiger partial charge in [-0.3, -0.25) is 9.59 Å². The van der Waals surface area contributed by atoms with Crippen LogP contribution in [-0.2, 0) is 0 Å². The Hall–Kier alpha value is -7.68. The number of nitrogens with one attached hydrogen (secondary N) is 2. The Morgan fingerprint density at radius 2 is 0.935 bits per heavy atom. The number of aliphatic hydroxyl groups excluding tert-OH is 2. The van der Waals surface area contributed by atoms with Gasteiger partial charge in [0.25, 0.3) is 0 Å². The minimum absolute atomic E-state index is 0.186. The molecule has 2 aliphatic carbocycles. The van der Waals surface area contributed by atoms with E-state index in [0.717, 1.165) is 46.1 Å². The molecule has 0 saturated heterocycles. The van der Waals surface area contributed by atoms with E-state index >= 15 is 0 Å². The molecule has 4 aromatic carbocycles. The van der Waals surface area contributed by atoms with Crippen LogP contribution < -0.4 is 9.47 Å². The fourth-order valence-corrected chi connectivity index (χ4v) is 7.28. The van der Waals surface area contributed by atoms with Gasteiger partial charge in [-0.05, 0) is 122 Å². The summed E-state index contributed by atoms with van der Waals surface area (Å²) in [6.45, 7) is 0. The topological polar surface area (TPSA) is 202 Å². The van der Waals surface area contributed by atoms with E-state index in [1.54, 1.807) is 73.3 Å². The lowest BCUT2D eigenvalue weighted by atomic mass is 9.95. The van der Waals surface area contributed by atoms with Gasteiger partial charge in [-0.15, -0.1) is 0 Å². The Labute approximate surface area is 355 Å². The molecule has 0 amide bonds. The Bertz CT molecular complexity index is 2690. The summed E-state index contributed by atoms with van der Waals surface area (Å²) in [5.41, 5.74) is 7.57. The zero-order valence-corrected chi connectivity index (χ0v) is 33.3. The number of carbonyl (C=O) groups excluding carboxylic acids is 2. The molecule has 14 nitrogen and oxygen atoms in total. The normalized spacial score (nSPS) is 16.2. The monoisotopic (exact) mass is 824 g/mol. The Morgan fingerprint density at radius 1 is 0.532 bits per heavy atom. The van der Waals surface area contributed by atoms with Crippen LogP contribution in [0, 0.1) is 0 Å². The van der Waals surface area contributed by atoms with Crippen molar-refractivity contribution in [1.29, 1.82) is 0 Å². The lowest BCUT2D eigenvalue weighted by molar-refractivity contribution is 0.102. The van der Waals surface area contributed by atoms with E-state index in [-0.39, 0.29) is 23.8 Å². The van der Waals surface area contributed by atoms with Crippen LogP contribution in [0.25, 0.3) is 33.2 Å². The molecule has 2 atom stereocenters. The van der Waals surface area contributed by atoms with Crippen molar-refractivity contribution in [1.82, 2.24) is 39.9 Å². The van der Waals surface area contributed by atoms with Gasteiger partial charge in [0.15, 0.2) is 11.6 Å². The maximum absolute atomic E-state index is 12.8. The molecule has 14 heteroatoms. The van der Waals surface area contributed by atoms with Crippen molar-refractivity contribution >= 4 is 44.8 Å². The molecule has 0 saturated carbocycles. The molecule has 0 unspecified atom stereocenters. The number of ketones is 2. The van der Waals surface area contributed by atoms with Crippen LogP contribution >= 0.6 is 0 Å². The minimum Gasteiger partial charge on any atom is -0.437 e. The largest absolute Gasteiger partial charge is 0.437 e. The highest BCUT2D eigenvalue weighted by Crippen LogP contribution is 2.34. The van der Waals surface area contributed by atoms with E-state index in [1.165, 1.54) is 0 Å². The Morgan fingerprint density at radius 3 is 1.32 bits per heavy atom. The molecule has 0 radical (unpaired) electrons.